The first-order valence-electron chi connectivity index (χ1n) is 14.0. The van der Waals surface area contributed by atoms with Gasteiger partial charge in [-0.1, -0.05) is 25.7 Å². The minimum atomic E-state index is -1.21. The van der Waals surface area contributed by atoms with Crippen molar-refractivity contribution in [3.63, 3.8) is 0 Å². The zero-order chi connectivity index (χ0) is 31.4. The van der Waals surface area contributed by atoms with Crippen molar-refractivity contribution in [1.82, 2.24) is 19.6 Å². The summed E-state index contributed by atoms with van der Waals surface area (Å²) in [6, 6.07) is -2.11. The van der Waals surface area contributed by atoms with Crippen molar-refractivity contribution in [2.75, 3.05) is 52.4 Å². The Balaban J connectivity index is 2.36. The van der Waals surface area contributed by atoms with E-state index in [9.17, 15) is 59.4 Å². The first-order chi connectivity index (χ1) is 19.8. The Morgan fingerprint density at radius 3 is 0.786 bits per heavy atom. The fourth-order valence-electron chi connectivity index (χ4n) is 6.49. The van der Waals surface area contributed by atoms with E-state index in [2.05, 4.69) is 0 Å². The quantitative estimate of drug-likeness (QED) is 0.107. The smallest absolute Gasteiger partial charge is 0.317 e. The Morgan fingerprint density at radius 1 is 0.381 bits per heavy atom. The highest BCUT2D eigenvalue weighted by Crippen LogP contribution is 2.30. The predicted molar refractivity (Wildman–Crippen MR) is 144 cm³/mol. The zero-order valence-electron chi connectivity index (χ0n) is 23.5. The van der Waals surface area contributed by atoms with Crippen molar-refractivity contribution in [1.29, 1.82) is 0 Å². The van der Waals surface area contributed by atoms with Gasteiger partial charge in [0.15, 0.2) is 0 Å². The molecular formula is C26H42N4O12. The van der Waals surface area contributed by atoms with Gasteiger partial charge in [-0.05, 0) is 25.7 Å². The number of nitrogens with zero attached hydrogens (tertiary/aromatic N) is 4. The van der Waals surface area contributed by atoms with E-state index in [1.165, 1.54) is 9.80 Å². The van der Waals surface area contributed by atoms with Crippen LogP contribution < -0.4 is 0 Å². The molecule has 0 spiro atoms. The highest BCUT2D eigenvalue weighted by atomic mass is 16.4. The number of carboxylic acids is 6. The number of hydrogen-bond donors (Lipinski definition) is 6. The summed E-state index contributed by atoms with van der Waals surface area (Å²) in [6.45, 7) is -2.88. The van der Waals surface area contributed by atoms with Gasteiger partial charge in [0.05, 0.1) is 39.3 Å². The highest BCUT2D eigenvalue weighted by molar-refractivity contribution is 5.73. The van der Waals surface area contributed by atoms with Gasteiger partial charge in [-0.2, -0.15) is 0 Å². The number of aliphatic carboxylic acids is 6. The van der Waals surface area contributed by atoms with Crippen LogP contribution in [-0.2, 0) is 28.8 Å². The molecule has 0 radical (unpaired) electrons. The van der Waals surface area contributed by atoms with E-state index in [-0.39, 0.29) is 13.1 Å². The fourth-order valence-corrected chi connectivity index (χ4v) is 6.49. The van der Waals surface area contributed by atoms with Gasteiger partial charge >= 0.3 is 35.8 Å². The van der Waals surface area contributed by atoms with Crippen LogP contribution in [0.2, 0.25) is 0 Å². The third kappa shape index (κ3) is 11.5. The van der Waals surface area contributed by atoms with Crippen molar-refractivity contribution in [3.05, 3.63) is 0 Å². The number of carbonyl (C=O) groups is 6. The lowest BCUT2D eigenvalue weighted by Crippen LogP contribution is -2.60. The minimum absolute atomic E-state index is 0.0653. The van der Waals surface area contributed by atoms with Crippen molar-refractivity contribution in [2.24, 2.45) is 0 Å². The minimum Gasteiger partial charge on any atom is -0.480 e. The Morgan fingerprint density at radius 2 is 0.571 bits per heavy atom. The van der Waals surface area contributed by atoms with E-state index >= 15 is 0 Å². The number of carboxylic acid groups (broad SMARTS) is 6. The summed E-state index contributed by atoms with van der Waals surface area (Å²) in [6.07, 6.45) is 4.75. The van der Waals surface area contributed by atoms with Crippen LogP contribution >= 0.6 is 0 Å². The first kappa shape index (κ1) is 34.9. The topological polar surface area (TPSA) is 237 Å². The van der Waals surface area contributed by atoms with Crippen molar-refractivity contribution < 1.29 is 59.4 Å². The molecule has 42 heavy (non-hydrogen) atoms. The third-order valence-corrected chi connectivity index (χ3v) is 7.97. The van der Waals surface area contributed by atoms with E-state index < -0.39 is 99.3 Å². The molecule has 1 unspecified atom stereocenters. The van der Waals surface area contributed by atoms with E-state index in [0.29, 0.717) is 51.4 Å². The molecule has 0 amide bonds. The Labute approximate surface area is 243 Å². The van der Waals surface area contributed by atoms with Crippen molar-refractivity contribution in [2.45, 2.75) is 75.5 Å². The molecule has 0 aromatic heterocycles. The molecule has 16 heteroatoms. The van der Waals surface area contributed by atoms with Gasteiger partial charge in [-0.25, -0.2) is 0 Å². The zero-order valence-corrected chi connectivity index (χ0v) is 23.5. The summed E-state index contributed by atoms with van der Waals surface area (Å²) in [5, 5.41) is 57.0. The van der Waals surface area contributed by atoms with Crippen molar-refractivity contribution >= 4 is 35.8 Å². The van der Waals surface area contributed by atoms with Gasteiger partial charge in [-0.3, -0.25) is 48.4 Å². The molecule has 4 atom stereocenters. The molecule has 2 fully saturated rings. The highest BCUT2D eigenvalue weighted by Gasteiger charge is 2.39. The molecule has 0 heterocycles. The fraction of sp³-hybridized carbons (Fsp3) is 0.769. The van der Waals surface area contributed by atoms with Crippen LogP contribution in [0.1, 0.15) is 51.4 Å². The van der Waals surface area contributed by atoms with Crippen LogP contribution in [-0.4, -0.2) is 163 Å². The monoisotopic (exact) mass is 602 g/mol. The van der Waals surface area contributed by atoms with Gasteiger partial charge in [0.25, 0.3) is 0 Å². The normalized spacial score (nSPS) is 22.9. The molecule has 0 bridgehead atoms. The molecule has 2 rings (SSSR count). The second kappa shape index (κ2) is 16.9. The largest absolute Gasteiger partial charge is 0.480 e. The molecule has 2 aliphatic rings. The molecule has 0 aromatic rings. The maximum absolute atomic E-state index is 11.9. The maximum Gasteiger partial charge on any atom is 0.317 e. The Kier molecular flexibility index (Phi) is 14.1. The SMILES string of the molecule is O=C(O)CN(CCN(CC(=O)O)[C@H]1CCCC[C@@H]1N(CC(=O)O)CC(=O)O)C1CCCC[C@H]1N(CC(=O)O)CC(=O)O. The van der Waals surface area contributed by atoms with Crippen molar-refractivity contribution in [3.8, 4) is 0 Å². The van der Waals surface area contributed by atoms with Gasteiger partial charge < -0.3 is 30.6 Å². The van der Waals surface area contributed by atoms with Crippen LogP contribution in [0.25, 0.3) is 0 Å². The van der Waals surface area contributed by atoms with E-state index in [1.54, 1.807) is 9.80 Å². The lowest BCUT2D eigenvalue weighted by Gasteiger charge is -2.46. The summed E-state index contributed by atoms with van der Waals surface area (Å²) in [5.41, 5.74) is 0. The average Bonchev–Trinajstić information content (AvgIpc) is 2.88. The molecule has 6 N–H and O–H groups in total. The average molecular weight is 603 g/mol. The van der Waals surface area contributed by atoms with E-state index in [4.69, 9.17) is 0 Å². The molecule has 2 aliphatic carbocycles. The number of hydrogen-bond acceptors (Lipinski definition) is 10. The third-order valence-electron chi connectivity index (χ3n) is 7.97. The molecule has 0 saturated heterocycles. The molecule has 0 aromatic carbocycles. The molecule has 238 valence electrons. The van der Waals surface area contributed by atoms with Crippen LogP contribution in [0.5, 0.6) is 0 Å². The van der Waals surface area contributed by atoms with Crippen LogP contribution in [0.15, 0.2) is 0 Å². The van der Waals surface area contributed by atoms with Gasteiger partial charge in [0.1, 0.15) is 0 Å². The van der Waals surface area contributed by atoms with E-state index in [0.717, 1.165) is 0 Å². The Bertz CT molecular complexity index is 871. The van der Waals surface area contributed by atoms with Gasteiger partial charge in [0.2, 0.25) is 0 Å². The first-order valence-corrected chi connectivity index (χ1v) is 14.0. The number of rotatable bonds is 19. The summed E-state index contributed by atoms with van der Waals surface area (Å²) in [7, 11) is 0. The van der Waals surface area contributed by atoms with Crippen LogP contribution in [0, 0.1) is 0 Å². The second-order valence-corrected chi connectivity index (χ2v) is 11.0. The summed E-state index contributed by atoms with van der Waals surface area (Å²) >= 11 is 0. The molecular weight excluding hydrogens is 560 g/mol. The maximum atomic E-state index is 11.9. The predicted octanol–water partition coefficient (Wildman–Crippen LogP) is -0.676. The lowest BCUT2D eigenvalue weighted by atomic mass is 9.87. The lowest BCUT2D eigenvalue weighted by molar-refractivity contribution is -0.147. The molecule has 0 aliphatic heterocycles. The van der Waals surface area contributed by atoms with Crippen LogP contribution in [0.4, 0.5) is 0 Å². The summed E-state index contributed by atoms with van der Waals surface area (Å²) in [4.78, 5) is 75.7. The van der Waals surface area contributed by atoms with Gasteiger partial charge in [-0.15, -0.1) is 0 Å². The summed E-state index contributed by atoms with van der Waals surface area (Å²) in [5.74, 6) is -7.17. The standard InChI is InChI=1S/C26H42N4O12/c31-21(32)11-27(17-5-1-3-7-19(17)29(13-23(35)36)14-24(37)38)9-10-28(12-22(33)34)18-6-2-4-8-20(18)30(15-25(39)40)16-26(41)42/h17-20H,1-16H2,(H,31,32)(H,33,34)(H,35,36)(H,37,38)(H,39,40)(H,41,42)/t17-,18?,19-,20+/m0/s1. The Hall–Kier alpha value is -3.34. The molecule has 16 nitrogen and oxygen atoms in total. The molecule has 2 saturated carbocycles. The van der Waals surface area contributed by atoms with E-state index in [1.807, 2.05) is 0 Å². The summed E-state index contributed by atoms with van der Waals surface area (Å²) < 4.78 is 0. The van der Waals surface area contributed by atoms with Gasteiger partial charge in [0, 0.05) is 37.3 Å². The second-order valence-electron chi connectivity index (χ2n) is 11.0. The van der Waals surface area contributed by atoms with Crippen LogP contribution in [0.3, 0.4) is 0 Å².